The third-order valence-electron chi connectivity index (χ3n) is 1.44. The van der Waals surface area contributed by atoms with Gasteiger partial charge in [0, 0.05) is 14.1 Å². The Labute approximate surface area is 65.0 Å². The van der Waals surface area contributed by atoms with Crippen LogP contribution in [0.4, 0.5) is 0 Å². The van der Waals surface area contributed by atoms with Gasteiger partial charge >= 0.3 is 0 Å². The first kappa shape index (κ1) is 7.72. The minimum absolute atomic E-state index is 0.433. The number of hydrogen-bond acceptors (Lipinski definition) is 3. The van der Waals surface area contributed by atoms with Crippen LogP contribution in [0.3, 0.4) is 0 Å². The average molecular weight is 151 g/mol. The molecule has 0 saturated carbocycles. The standard InChI is InChI=1S/C8H9NO2/c1-9(2)6-4-3-5-7(10)8(6)11/h3-5H,1-2H3. The predicted molar refractivity (Wildman–Crippen MR) is 40.9 cm³/mol. The number of ketones is 2. The van der Waals surface area contributed by atoms with E-state index >= 15 is 0 Å². The summed E-state index contributed by atoms with van der Waals surface area (Å²) < 4.78 is 0. The van der Waals surface area contributed by atoms with Crippen molar-refractivity contribution in [1.29, 1.82) is 0 Å². The molecule has 1 aliphatic carbocycles. The molecule has 0 aromatic carbocycles. The van der Waals surface area contributed by atoms with E-state index in [9.17, 15) is 9.59 Å². The van der Waals surface area contributed by atoms with Crippen molar-refractivity contribution in [1.82, 2.24) is 4.90 Å². The fourth-order valence-corrected chi connectivity index (χ4v) is 0.856. The third-order valence-corrected chi connectivity index (χ3v) is 1.44. The lowest BCUT2D eigenvalue weighted by Crippen LogP contribution is -2.26. The molecule has 0 fully saturated rings. The molecule has 0 radical (unpaired) electrons. The van der Waals surface area contributed by atoms with Crippen molar-refractivity contribution in [2.75, 3.05) is 14.1 Å². The summed E-state index contributed by atoms with van der Waals surface area (Å²) in [5, 5.41) is 0. The molecule has 58 valence electrons. The molecule has 0 saturated heterocycles. The predicted octanol–water partition coefficient (Wildman–Crippen LogP) is 0.140. The van der Waals surface area contributed by atoms with E-state index in [0.717, 1.165) is 0 Å². The summed E-state index contributed by atoms with van der Waals surface area (Å²) in [5.74, 6) is -0.881. The molecule has 11 heavy (non-hydrogen) atoms. The Bertz CT molecular complexity index is 261. The van der Waals surface area contributed by atoms with E-state index in [4.69, 9.17) is 0 Å². The molecule has 0 N–H and O–H groups in total. The van der Waals surface area contributed by atoms with Crippen LogP contribution in [0.1, 0.15) is 0 Å². The zero-order valence-corrected chi connectivity index (χ0v) is 6.50. The molecule has 1 aliphatic rings. The Kier molecular flexibility index (Phi) is 1.89. The van der Waals surface area contributed by atoms with E-state index in [1.54, 1.807) is 31.1 Å². The van der Waals surface area contributed by atoms with Crippen LogP contribution in [0.15, 0.2) is 23.9 Å². The van der Waals surface area contributed by atoms with Crippen LogP contribution < -0.4 is 0 Å². The minimum Gasteiger partial charge on any atom is -0.374 e. The average Bonchev–Trinajstić information content (AvgIpc) is 1.94. The number of carbonyl (C=O) groups is 2. The highest BCUT2D eigenvalue weighted by molar-refractivity contribution is 6.47. The lowest BCUT2D eigenvalue weighted by Gasteiger charge is -2.15. The van der Waals surface area contributed by atoms with Crippen LogP contribution in [-0.4, -0.2) is 30.6 Å². The second-order valence-electron chi connectivity index (χ2n) is 2.50. The molecule has 0 heterocycles. The highest BCUT2D eigenvalue weighted by Crippen LogP contribution is 2.06. The van der Waals surface area contributed by atoms with Crippen molar-refractivity contribution in [2.24, 2.45) is 0 Å². The van der Waals surface area contributed by atoms with Crippen LogP contribution in [0.5, 0.6) is 0 Å². The van der Waals surface area contributed by atoms with Crippen molar-refractivity contribution < 1.29 is 9.59 Å². The Morgan fingerprint density at radius 3 is 2.36 bits per heavy atom. The number of carbonyl (C=O) groups excluding carboxylic acids is 2. The molecular formula is C8H9NO2. The van der Waals surface area contributed by atoms with Crippen LogP contribution in [0.25, 0.3) is 0 Å². The van der Waals surface area contributed by atoms with Crippen LogP contribution in [-0.2, 0) is 9.59 Å². The summed E-state index contributed by atoms with van der Waals surface area (Å²) in [5.41, 5.74) is 0.442. The number of rotatable bonds is 1. The second-order valence-corrected chi connectivity index (χ2v) is 2.50. The molecule has 0 aromatic heterocycles. The summed E-state index contributed by atoms with van der Waals surface area (Å²) in [4.78, 5) is 23.5. The first-order chi connectivity index (χ1) is 5.13. The Morgan fingerprint density at radius 1 is 1.27 bits per heavy atom. The van der Waals surface area contributed by atoms with Gasteiger partial charge in [0.15, 0.2) is 0 Å². The van der Waals surface area contributed by atoms with E-state index in [1.165, 1.54) is 6.08 Å². The van der Waals surface area contributed by atoms with Crippen molar-refractivity contribution >= 4 is 11.6 Å². The summed E-state index contributed by atoms with van der Waals surface area (Å²) in [6, 6.07) is 0. The van der Waals surface area contributed by atoms with Gasteiger partial charge in [0.2, 0.25) is 11.6 Å². The maximum absolute atomic E-state index is 11.1. The van der Waals surface area contributed by atoms with Gasteiger partial charge in [0.05, 0.1) is 5.70 Å². The minimum atomic E-state index is -0.448. The smallest absolute Gasteiger partial charge is 0.248 e. The van der Waals surface area contributed by atoms with Gasteiger partial charge in [0.1, 0.15) is 0 Å². The van der Waals surface area contributed by atoms with E-state index in [0.29, 0.717) is 5.70 Å². The van der Waals surface area contributed by atoms with Gasteiger partial charge in [-0.3, -0.25) is 9.59 Å². The molecule has 3 nitrogen and oxygen atoms in total. The van der Waals surface area contributed by atoms with Gasteiger partial charge in [0.25, 0.3) is 0 Å². The molecule has 0 amide bonds. The molecular weight excluding hydrogens is 142 g/mol. The quantitative estimate of drug-likeness (QED) is 0.395. The Hall–Kier alpha value is -1.38. The molecule has 3 heteroatoms. The van der Waals surface area contributed by atoms with Crippen molar-refractivity contribution in [3.05, 3.63) is 23.9 Å². The summed E-state index contributed by atoms with van der Waals surface area (Å²) in [6.45, 7) is 0. The molecule has 0 bridgehead atoms. The van der Waals surface area contributed by atoms with E-state index in [1.807, 2.05) is 0 Å². The van der Waals surface area contributed by atoms with Crippen LogP contribution in [0.2, 0.25) is 0 Å². The number of hydrogen-bond donors (Lipinski definition) is 0. The van der Waals surface area contributed by atoms with E-state index < -0.39 is 11.6 Å². The molecule has 1 rings (SSSR count). The monoisotopic (exact) mass is 151 g/mol. The number of nitrogens with zero attached hydrogens (tertiary/aromatic N) is 1. The first-order valence-electron chi connectivity index (χ1n) is 3.27. The zero-order valence-electron chi connectivity index (χ0n) is 6.50. The zero-order chi connectivity index (χ0) is 8.43. The maximum Gasteiger partial charge on any atom is 0.248 e. The Morgan fingerprint density at radius 2 is 1.91 bits per heavy atom. The van der Waals surface area contributed by atoms with Gasteiger partial charge in [-0.25, -0.2) is 0 Å². The molecule has 0 atom stereocenters. The molecule has 0 aliphatic heterocycles. The van der Waals surface area contributed by atoms with Gasteiger partial charge in [-0.15, -0.1) is 0 Å². The fraction of sp³-hybridized carbons (Fsp3) is 0.250. The third kappa shape index (κ3) is 1.37. The second kappa shape index (κ2) is 2.70. The van der Waals surface area contributed by atoms with E-state index in [2.05, 4.69) is 0 Å². The lowest BCUT2D eigenvalue weighted by atomic mass is 10.1. The molecule has 0 unspecified atom stereocenters. The SMILES string of the molecule is CN(C)C1=CC=CC(=O)C1=O. The van der Waals surface area contributed by atoms with Gasteiger partial charge in [-0.05, 0) is 12.2 Å². The van der Waals surface area contributed by atoms with Crippen molar-refractivity contribution in [2.45, 2.75) is 0 Å². The number of allylic oxidation sites excluding steroid dienone is 4. The summed E-state index contributed by atoms with van der Waals surface area (Å²) >= 11 is 0. The normalized spacial score (nSPS) is 16.7. The largest absolute Gasteiger partial charge is 0.374 e. The van der Waals surface area contributed by atoms with Crippen LogP contribution >= 0.6 is 0 Å². The van der Waals surface area contributed by atoms with Crippen LogP contribution in [0, 0.1) is 0 Å². The van der Waals surface area contributed by atoms with Crippen molar-refractivity contribution in [3.63, 3.8) is 0 Å². The van der Waals surface area contributed by atoms with Gasteiger partial charge in [-0.2, -0.15) is 0 Å². The summed E-state index contributed by atoms with van der Waals surface area (Å²) in [7, 11) is 3.46. The lowest BCUT2D eigenvalue weighted by molar-refractivity contribution is -0.132. The highest BCUT2D eigenvalue weighted by atomic mass is 16.2. The summed E-state index contributed by atoms with van der Waals surface area (Å²) in [6.07, 6.45) is 4.48. The molecule has 0 spiro atoms. The number of Topliss-reactive ketones (excluding diaryl/α,β-unsaturated/α-hetero) is 1. The van der Waals surface area contributed by atoms with Crippen molar-refractivity contribution in [3.8, 4) is 0 Å². The fourth-order valence-electron chi connectivity index (χ4n) is 0.856. The van der Waals surface area contributed by atoms with Gasteiger partial charge in [-0.1, -0.05) is 6.08 Å². The Balaban J connectivity index is 2.96. The van der Waals surface area contributed by atoms with Gasteiger partial charge < -0.3 is 4.90 Å². The maximum atomic E-state index is 11.1. The molecule has 0 aromatic rings. The first-order valence-corrected chi connectivity index (χ1v) is 3.27. The number of likely N-dealkylation sites (N-methyl/N-ethyl adjacent to an activating group) is 1. The van der Waals surface area contributed by atoms with E-state index in [-0.39, 0.29) is 0 Å². The highest BCUT2D eigenvalue weighted by Gasteiger charge is 2.19. The topological polar surface area (TPSA) is 37.4 Å².